The number of hydrogen-bond acceptors (Lipinski definition) is 1. The second kappa shape index (κ2) is 7.36. The van der Waals surface area contributed by atoms with Crippen molar-refractivity contribution in [1.82, 2.24) is 4.90 Å². The highest BCUT2D eigenvalue weighted by Gasteiger charge is 2.14. The first-order valence-electron chi connectivity index (χ1n) is 6.82. The Bertz CT molecular complexity index is 612. The third kappa shape index (κ3) is 4.14. The fourth-order valence-electron chi connectivity index (χ4n) is 2.10. The molecule has 110 valence electrons. The Balaban J connectivity index is 2.14. The van der Waals surface area contributed by atoms with Gasteiger partial charge in [-0.25, -0.2) is 4.39 Å². The minimum absolute atomic E-state index is 0.0390. The highest BCUT2D eigenvalue weighted by Crippen LogP contribution is 2.13. The minimum Gasteiger partial charge on any atom is -0.335 e. The summed E-state index contributed by atoms with van der Waals surface area (Å²) < 4.78 is 13.2. The van der Waals surface area contributed by atoms with Crippen molar-refractivity contribution in [3.8, 4) is 0 Å². The number of rotatable bonds is 5. The first kappa shape index (κ1) is 15.7. The summed E-state index contributed by atoms with van der Waals surface area (Å²) in [5.74, 6) is -0.319. The summed E-state index contributed by atoms with van der Waals surface area (Å²) in [6.45, 7) is 2.91. The van der Waals surface area contributed by atoms with Gasteiger partial charge in [0.2, 0.25) is 0 Å². The maximum Gasteiger partial charge on any atom is 0.254 e. The maximum absolute atomic E-state index is 13.2. The van der Waals surface area contributed by atoms with Gasteiger partial charge in [-0.1, -0.05) is 40.2 Å². The van der Waals surface area contributed by atoms with E-state index in [4.69, 9.17) is 0 Å². The summed E-state index contributed by atoms with van der Waals surface area (Å²) in [5.41, 5.74) is 2.57. The summed E-state index contributed by atoms with van der Waals surface area (Å²) in [6.07, 6.45) is 0. The molecule has 2 nitrogen and oxygen atoms in total. The van der Waals surface area contributed by atoms with E-state index in [0.717, 1.165) is 16.5 Å². The molecule has 1 amide bonds. The Kier molecular flexibility index (Phi) is 5.51. The molecule has 0 saturated carbocycles. The summed E-state index contributed by atoms with van der Waals surface area (Å²) >= 11 is 3.38. The van der Waals surface area contributed by atoms with E-state index in [2.05, 4.69) is 15.9 Å². The Morgan fingerprint density at radius 2 is 1.86 bits per heavy atom. The largest absolute Gasteiger partial charge is 0.335 e. The zero-order valence-corrected chi connectivity index (χ0v) is 13.4. The van der Waals surface area contributed by atoms with E-state index in [1.807, 2.05) is 37.3 Å². The van der Waals surface area contributed by atoms with Gasteiger partial charge in [0.15, 0.2) is 0 Å². The van der Waals surface area contributed by atoms with Gasteiger partial charge in [0.1, 0.15) is 5.82 Å². The second-order valence-electron chi connectivity index (χ2n) is 4.78. The second-order valence-corrected chi connectivity index (χ2v) is 5.34. The summed E-state index contributed by atoms with van der Waals surface area (Å²) in [6, 6.07) is 13.9. The highest BCUT2D eigenvalue weighted by molar-refractivity contribution is 9.08. The fourth-order valence-corrected chi connectivity index (χ4v) is 2.48. The molecule has 0 aliphatic rings. The topological polar surface area (TPSA) is 20.3 Å². The Labute approximate surface area is 132 Å². The van der Waals surface area contributed by atoms with Crippen LogP contribution in [-0.4, -0.2) is 17.4 Å². The van der Waals surface area contributed by atoms with Crippen LogP contribution < -0.4 is 0 Å². The Morgan fingerprint density at radius 1 is 1.14 bits per heavy atom. The van der Waals surface area contributed by atoms with E-state index in [1.54, 1.807) is 11.0 Å². The molecule has 4 heteroatoms. The zero-order valence-electron chi connectivity index (χ0n) is 11.9. The van der Waals surface area contributed by atoms with Crippen LogP contribution >= 0.6 is 15.9 Å². The number of nitrogens with zero attached hydrogens (tertiary/aromatic N) is 1. The lowest BCUT2D eigenvalue weighted by Crippen LogP contribution is -2.30. The summed E-state index contributed by atoms with van der Waals surface area (Å²) in [7, 11) is 0. The molecule has 0 aromatic heterocycles. The minimum atomic E-state index is -0.280. The predicted molar refractivity (Wildman–Crippen MR) is 85.9 cm³/mol. The van der Waals surface area contributed by atoms with Crippen molar-refractivity contribution in [3.63, 3.8) is 0 Å². The van der Waals surface area contributed by atoms with Crippen molar-refractivity contribution in [2.45, 2.75) is 18.8 Å². The highest BCUT2D eigenvalue weighted by atomic mass is 79.9. The number of benzene rings is 2. The van der Waals surface area contributed by atoms with E-state index in [0.29, 0.717) is 18.7 Å². The molecule has 0 radical (unpaired) electrons. The lowest BCUT2D eigenvalue weighted by molar-refractivity contribution is 0.0752. The number of carbonyl (C=O) groups is 1. The first-order chi connectivity index (χ1) is 10.1. The average Bonchev–Trinajstić information content (AvgIpc) is 2.52. The number of hydrogen-bond donors (Lipinski definition) is 0. The number of carbonyl (C=O) groups excluding carboxylic acids is 1. The van der Waals surface area contributed by atoms with Crippen LogP contribution in [0.5, 0.6) is 0 Å². The van der Waals surface area contributed by atoms with Crippen LogP contribution in [-0.2, 0) is 11.9 Å². The van der Waals surface area contributed by atoms with Crippen molar-refractivity contribution >= 4 is 21.8 Å². The monoisotopic (exact) mass is 349 g/mol. The molecule has 0 saturated heterocycles. The zero-order chi connectivity index (χ0) is 15.2. The smallest absolute Gasteiger partial charge is 0.254 e. The molecule has 0 atom stereocenters. The maximum atomic E-state index is 13.2. The van der Waals surface area contributed by atoms with E-state index in [-0.39, 0.29) is 11.7 Å². The summed E-state index contributed by atoms with van der Waals surface area (Å²) in [4.78, 5) is 14.2. The van der Waals surface area contributed by atoms with Gasteiger partial charge in [0.05, 0.1) is 0 Å². The van der Waals surface area contributed by atoms with Crippen LogP contribution in [0.4, 0.5) is 4.39 Å². The van der Waals surface area contributed by atoms with Gasteiger partial charge >= 0.3 is 0 Å². The SMILES string of the molecule is CCN(Cc1cccc(F)c1)C(=O)c1ccc(CBr)cc1. The van der Waals surface area contributed by atoms with E-state index < -0.39 is 0 Å². The normalized spacial score (nSPS) is 10.4. The summed E-state index contributed by atoms with van der Waals surface area (Å²) in [5, 5.41) is 0.766. The molecule has 0 heterocycles. The quantitative estimate of drug-likeness (QED) is 0.733. The average molecular weight is 350 g/mol. The van der Waals surface area contributed by atoms with Gasteiger partial charge < -0.3 is 4.90 Å². The van der Waals surface area contributed by atoms with Crippen LogP contribution in [0.3, 0.4) is 0 Å². The van der Waals surface area contributed by atoms with Crippen molar-refractivity contribution in [2.24, 2.45) is 0 Å². The molecule has 0 aliphatic heterocycles. The fraction of sp³-hybridized carbons (Fsp3) is 0.235. The molecule has 0 spiro atoms. The lowest BCUT2D eigenvalue weighted by atomic mass is 10.1. The van der Waals surface area contributed by atoms with Crippen LogP contribution in [0.25, 0.3) is 0 Å². The van der Waals surface area contributed by atoms with Gasteiger partial charge in [0, 0.05) is 24.0 Å². The number of halogens is 2. The third-order valence-electron chi connectivity index (χ3n) is 3.29. The van der Waals surface area contributed by atoms with Crippen molar-refractivity contribution in [3.05, 3.63) is 71.0 Å². The standard InChI is InChI=1S/C17H17BrFNO/c1-2-20(12-14-4-3-5-16(19)10-14)17(21)15-8-6-13(11-18)7-9-15/h3-10H,2,11-12H2,1H3. The molecular formula is C17H17BrFNO. The molecule has 0 aliphatic carbocycles. The van der Waals surface area contributed by atoms with Crippen LogP contribution in [0.2, 0.25) is 0 Å². The Morgan fingerprint density at radius 3 is 2.43 bits per heavy atom. The molecule has 0 bridgehead atoms. The predicted octanol–water partition coefficient (Wildman–Crippen LogP) is 4.38. The van der Waals surface area contributed by atoms with Crippen LogP contribution in [0.1, 0.15) is 28.4 Å². The molecule has 2 aromatic rings. The first-order valence-corrected chi connectivity index (χ1v) is 7.94. The van der Waals surface area contributed by atoms with Crippen molar-refractivity contribution < 1.29 is 9.18 Å². The lowest BCUT2D eigenvalue weighted by Gasteiger charge is -2.21. The van der Waals surface area contributed by atoms with Gasteiger partial charge in [0.25, 0.3) is 5.91 Å². The number of amides is 1. The third-order valence-corrected chi connectivity index (χ3v) is 3.93. The molecule has 2 aromatic carbocycles. The molecule has 0 fully saturated rings. The van der Waals surface area contributed by atoms with Crippen LogP contribution in [0, 0.1) is 5.82 Å². The van der Waals surface area contributed by atoms with Crippen molar-refractivity contribution in [2.75, 3.05) is 6.54 Å². The molecule has 21 heavy (non-hydrogen) atoms. The van der Waals surface area contributed by atoms with Crippen LogP contribution in [0.15, 0.2) is 48.5 Å². The van der Waals surface area contributed by atoms with E-state index in [9.17, 15) is 9.18 Å². The molecule has 0 N–H and O–H groups in total. The number of alkyl halides is 1. The van der Waals surface area contributed by atoms with Gasteiger partial charge in [-0.2, -0.15) is 0 Å². The van der Waals surface area contributed by atoms with Gasteiger partial charge in [-0.05, 0) is 42.3 Å². The van der Waals surface area contributed by atoms with Crippen molar-refractivity contribution in [1.29, 1.82) is 0 Å². The van der Waals surface area contributed by atoms with Gasteiger partial charge in [-0.15, -0.1) is 0 Å². The van der Waals surface area contributed by atoms with E-state index >= 15 is 0 Å². The molecule has 2 rings (SSSR count). The van der Waals surface area contributed by atoms with E-state index in [1.165, 1.54) is 12.1 Å². The molecule has 0 unspecified atom stereocenters. The van der Waals surface area contributed by atoms with Gasteiger partial charge in [-0.3, -0.25) is 4.79 Å². The molecular weight excluding hydrogens is 333 g/mol. The Hall–Kier alpha value is -1.68.